The maximum Gasteiger partial charge on any atom is 0.256 e. The number of thiazole rings is 1. The number of aryl methyl sites for hydroxylation is 1. The number of benzene rings is 3. The highest BCUT2D eigenvalue weighted by Crippen LogP contribution is 2.32. The summed E-state index contributed by atoms with van der Waals surface area (Å²) in [5, 5.41) is 8.15. The van der Waals surface area contributed by atoms with Crippen LogP contribution in [0.1, 0.15) is 53.5 Å². The van der Waals surface area contributed by atoms with Gasteiger partial charge in [-0.1, -0.05) is 62.4 Å². The van der Waals surface area contributed by atoms with Gasteiger partial charge in [0.2, 0.25) is 15.2 Å². The summed E-state index contributed by atoms with van der Waals surface area (Å²) in [6.07, 6.45) is 0.676. The Morgan fingerprint density at radius 1 is 0.976 bits per heavy atom. The van der Waals surface area contributed by atoms with Crippen molar-refractivity contribution >= 4 is 43.3 Å². The van der Waals surface area contributed by atoms with Crippen molar-refractivity contribution in [3.8, 4) is 5.13 Å². The van der Waals surface area contributed by atoms with E-state index in [9.17, 15) is 13.2 Å². The molecule has 210 valence electrons. The maximum absolute atomic E-state index is 13.3. The van der Waals surface area contributed by atoms with Gasteiger partial charge in [0.1, 0.15) is 5.82 Å². The summed E-state index contributed by atoms with van der Waals surface area (Å²) >= 11 is 1.51. The molecule has 0 aliphatic carbocycles. The van der Waals surface area contributed by atoms with E-state index in [2.05, 4.69) is 43.3 Å². The number of carbonyl (C=O) groups is 1. The van der Waals surface area contributed by atoms with Crippen LogP contribution in [0.5, 0.6) is 0 Å². The van der Waals surface area contributed by atoms with Crippen molar-refractivity contribution in [2.45, 2.75) is 51.0 Å². The SMILES string of the molecule is Cc1cc(NC(=O)c2ccc(S(=O)(=O)N3CCc4ccccc4C3)cc2)n(-c2nc3ccc(C(C)(C)C)cc3s2)n1. The van der Waals surface area contributed by atoms with E-state index in [1.807, 2.05) is 37.3 Å². The number of hydrogen-bond acceptors (Lipinski definition) is 6. The van der Waals surface area contributed by atoms with Crippen molar-refractivity contribution in [1.29, 1.82) is 0 Å². The number of hydrogen-bond donors (Lipinski definition) is 1. The van der Waals surface area contributed by atoms with Gasteiger partial charge in [-0.2, -0.15) is 14.1 Å². The molecule has 1 aliphatic rings. The van der Waals surface area contributed by atoms with Gasteiger partial charge in [-0.15, -0.1) is 0 Å². The van der Waals surface area contributed by atoms with Gasteiger partial charge in [-0.3, -0.25) is 4.79 Å². The second kappa shape index (κ2) is 10.2. The summed E-state index contributed by atoms with van der Waals surface area (Å²) < 4.78 is 30.8. The lowest BCUT2D eigenvalue weighted by molar-refractivity contribution is 0.102. The summed E-state index contributed by atoms with van der Waals surface area (Å²) in [4.78, 5) is 18.1. The second-order valence-corrected chi connectivity index (χ2v) is 14.3. The molecule has 0 unspecified atom stereocenters. The highest BCUT2D eigenvalue weighted by atomic mass is 32.2. The van der Waals surface area contributed by atoms with Crippen molar-refractivity contribution in [3.05, 3.63) is 101 Å². The average Bonchev–Trinajstić information content (AvgIpc) is 3.54. The number of fused-ring (bicyclic) bond motifs is 2. The number of nitrogens with zero attached hydrogens (tertiary/aromatic N) is 4. The molecule has 0 saturated carbocycles. The number of rotatable bonds is 5. The summed E-state index contributed by atoms with van der Waals surface area (Å²) in [5.74, 6) is 0.129. The summed E-state index contributed by atoms with van der Waals surface area (Å²) in [6.45, 7) is 9.15. The van der Waals surface area contributed by atoms with Crippen molar-refractivity contribution in [3.63, 3.8) is 0 Å². The Hall–Kier alpha value is -3.86. The van der Waals surface area contributed by atoms with Crippen molar-refractivity contribution in [1.82, 2.24) is 19.1 Å². The maximum atomic E-state index is 13.3. The lowest BCUT2D eigenvalue weighted by Crippen LogP contribution is -2.35. The van der Waals surface area contributed by atoms with E-state index in [4.69, 9.17) is 4.98 Å². The molecule has 0 atom stereocenters. The van der Waals surface area contributed by atoms with Gasteiger partial charge in [-0.05, 0) is 71.8 Å². The first-order valence-electron chi connectivity index (χ1n) is 13.5. The number of carbonyl (C=O) groups excluding carboxylic acids is 1. The molecule has 2 aromatic heterocycles. The molecule has 3 heterocycles. The fraction of sp³-hybridized carbons (Fsp3) is 0.258. The molecular formula is C31H31N5O3S2. The minimum Gasteiger partial charge on any atom is -0.306 e. The first kappa shape index (κ1) is 27.3. The predicted octanol–water partition coefficient (Wildman–Crippen LogP) is 6.09. The van der Waals surface area contributed by atoms with E-state index in [1.54, 1.807) is 22.9 Å². The zero-order valence-electron chi connectivity index (χ0n) is 23.4. The van der Waals surface area contributed by atoms with Gasteiger partial charge in [-0.25, -0.2) is 13.4 Å². The molecule has 0 spiro atoms. The molecule has 1 aliphatic heterocycles. The topological polar surface area (TPSA) is 97.2 Å². The Morgan fingerprint density at radius 2 is 1.71 bits per heavy atom. The molecule has 1 N–H and O–H groups in total. The van der Waals surface area contributed by atoms with Gasteiger partial charge < -0.3 is 5.32 Å². The third-order valence-corrected chi connectivity index (χ3v) is 10.2. The molecule has 6 rings (SSSR count). The normalized spacial score (nSPS) is 14.2. The van der Waals surface area contributed by atoms with Crippen molar-refractivity contribution in [2.24, 2.45) is 0 Å². The zero-order valence-corrected chi connectivity index (χ0v) is 25.0. The third kappa shape index (κ3) is 5.30. The molecule has 1 amide bonds. The standard InChI is InChI=1S/C31H31N5O3S2/c1-20-17-28(36(34-20)30-32-26-14-11-24(31(2,3)4)18-27(26)40-30)33-29(37)22-9-12-25(13-10-22)41(38,39)35-16-15-21-7-5-6-8-23(21)19-35/h5-14,17-18H,15-16,19H2,1-4H3,(H,33,37). The molecule has 5 aromatic rings. The third-order valence-electron chi connectivity index (χ3n) is 7.35. The van der Waals surface area contributed by atoms with Crippen LogP contribution in [0.15, 0.2) is 77.7 Å². The van der Waals surface area contributed by atoms with Gasteiger partial charge >= 0.3 is 0 Å². The van der Waals surface area contributed by atoms with Crippen LogP contribution in [0.25, 0.3) is 15.3 Å². The van der Waals surface area contributed by atoms with Gasteiger partial charge in [0.25, 0.3) is 5.91 Å². The lowest BCUT2D eigenvalue weighted by Gasteiger charge is -2.28. The van der Waals surface area contributed by atoms with Crippen LogP contribution in [-0.4, -0.2) is 39.9 Å². The Kier molecular flexibility index (Phi) is 6.80. The molecule has 8 nitrogen and oxygen atoms in total. The van der Waals surface area contributed by atoms with Gasteiger partial charge in [0.05, 0.1) is 20.8 Å². The minimum atomic E-state index is -3.69. The Balaban J connectivity index is 1.21. The van der Waals surface area contributed by atoms with Crippen LogP contribution in [0.2, 0.25) is 0 Å². The molecule has 10 heteroatoms. The van der Waals surface area contributed by atoms with E-state index < -0.39 is 10.0 Å². The number of anilines is 1. The Bertz CT molecular complexity index is 1880. The van der Waals surface area contributed by atoms with E-state index in [1.165, 1.54) is 38.9 Å². The van der Waals surface area contributed by atoms with Crippen LogP contribution < -0.4 is 5.32 Å². The van der Waals surface area contributed by atoms with Crippen molar-refractivity contribution < 1.29 is 13.2 Å². The first-order valence-corrected chi connectivity index (χ1v) is 15.7. The highest BCUT2D eigenvalue weighted by molar-refractivity contribution is 7.89. The van der Waals surface area contributed by atoms with Crippen LogP contribution in [0, 0.1) is 6.92 Å². The van der Waals surface area contributed by atoms with Crippen LogP contribution in [-0.2, 0) is 28.4 Å². The smallest absolute Gasteiger partial charge is 0.256 e. The summed E-state index contributed by atoms with van der Waals surface area (Å²) in [6, 6.07) is 22.0. The molecular weight excluding hydrogens is 555 g/mol. The Labute approximate surface area is 243 Å². The van der Waals surface area contributed by atoms with Crippen LogP contribution >= 0.6 is 11.3 Å². The highest BCUT2D eigenvalue weighted by Gasteiger charge is 2.28. The van der Waals surface area contributed by atoms with E-state index in [0.717, 1.165) is 21.5 Å². The fourth-order valence-electron chi connectivity index (χ4n) is 4.99. The monoisotopic (exact) mass is 585 g/mol. The minimum absolute atomic E-state index is 0.0217. The van der Waals surface area contributed by atoms with Gasteiger partial charge in [0.15, 0.2) is 0 Å². The molecule has 3 aromatic carbocycles. The quantitative estimate of drug-likeness (QED) is 0.269. The van der Waals surface area contributed by atoms with E-state index in [-0.39, 0.29) is 16.2 Å². The lowest BCUT2D eigenvalue weighted by atomic mass is 9.87. The zero-order chi connectivity index (χ0) is 28.9. The molecule has 0 fully saturated rings. The predicted molar refractivity (Wildman–Crippen MR) is 162 cm³/mol. The number of amides is 1. The average molecular weight is 586 g/mol. The van der Waals surface area contributed by atoms with E-state index in [0.29, 0.717) is 36.0 Å². The molecule has 41 heavy (non-hydrogen) atoms. The van der Waals surface area contributed by atoms with Crippen LogP contribution in [0.4, 0.5) is 5.82 Å². The fourth-order valence-corrected chi connectivity index (χ4v) is 7.38. The Morgan fingerprint density at radius 3 is 2.44 bits per heavy atom. The molecule has 0 saturated heterocycles. The molecule has 0 radical (unpaired) electrons. The summed E-state index contributed by atoms with van der Waals surface area (Å²) in [5.41, 5.74) is 5.40. The van der Waals surface area contributed by atoms with Gasteiger partial charge in [0, 0.05) is 24.7 Å². The first-order chi connectivity index (χ1) is 19.5. The van der Waals surface area contributed by atoms with Crippen molar-refractivity contribution in [2.75, 3.05) is 11.9 Å². The molecule has 0 bridgehead atoms. The second-order valence-electron chi connectivity index (χ2n) is 11.3. The number of sulfonamides is 1. The van der Waals surface area contributed by atoms with Crippen LogP contribution in [0.3, 0.4) is 0 Å². The van der Waals surface area contributed by atoms with E-state index >= 15 is 0 Å². The number of nitrogens with one attached hydrogen (secondary N) is 1. The largest absolute Gasteiger partial charge is 0.306 e. The number of aromatic nitrogens is 3. The summed E-state index contributed by atoms with van der Waals surface area (Å²) in [7, 11) is -3.69.